The largest absolute Gasteiger partial charge is 0.573 e. The van der Waals surface area contributed by atoms with E-state index in [1.807, 2.05) is 0 Å². The number of halogens is 6. The Morgan fingerprint density at radius 1 is 0.944 bits per heavy atom. The summed E-state index contributed by atoms with van der Waals surface area (Å²) in [6.45, 7) is 2.47. The standard InChI is InChI=1S/C22H18F6N2O5S/c1-20(2,32)12-33-16-8-3-13(11-17(16)35-22(26,27)28)30-10-9-29-18(19(30)31)36-15-6-4-14(5-7-15)34-21(23,24)25/h3-11,32H,12H2,1-2H3. The minimum atomic E-state index is -5.06. The second-order valence-corrected chi connectivity index (χ2v) is 8.87. The van der Waals surface area contributed by atoms with Crippen LogP contribution in [-0.4, -0.2) is 39.6 Å². The van der Waals surface area contributed by atoms with Crippen LogP contribution in [0.15, 0.2) is 69.6 Å². The Morgan fingerprint density at radius 2 is 1.58 bits per heavy atom. The molecule has 1 aromatic heterocycles. The predicted octanol–water partition coefficient (Wildman–Crippen LogP) is 5.33. The molecular weight excluding hydrogens is 518 g/mol. The Bertz CT molecular complexity index is 1250. The summed E-state index contributed by atoms with van der Waals surface area (Å²) < 4.78 is 89.9. The van der Waals surface area contributed by atoms with Gasteiger partial charge in [0.15, 0.2) is 16.5 Å². The van der Waals surface area contributed by atoms with Crippen molar-refractivity contribution in [3.8, 4) is 22.9 Å². The Morgan fingerprint density at radius 3 is 2.17 bits per heavy atom. The van der Waals surface area contributed by atoms with Gasteiger partial charge in [-0.15, -0.1) is 26.3 Å². The van der Waals surface area contributed by atoms with Crippen molar-refractivity contribution in [2.24, 2.45) is 0 Å². The second-order valence-electron chi connectivity index (χ2n) is 7.81. The van der Waals surface area contributed by atoms with E-state index < -0.39 is 35.4 Å². The van der Waals surface area contributed by atoms with E-state index >= 15 is 0 Å². The molecule has 3 aromatic rings. The zero-order chi connectivity index (χ0) is 26.7. The first kappa shape index (κ1) is 27.2. The number of alkyl halides is 6. The summed E-state index contributed by atoms with van der Waals surface area (Å²) in [6, 6.07) is 8.09. The molecule has 1 N–H and O–H groups in total. The first-order valence-electron chi connectivity index (χ1n) is 9.96. The molecule has 0 atom stereocenters. The molecule has 0 amide bonds. The molecule has 0 radical (unpaired) electrons. The van der Waals surface area contributed by atoms with Gasteiger partial charge in [0, 0.05) is 23.4 Å². The fourth-order valence-electron chi connectivity index (χ4n) is 2.71. The maximum atomic E-state index is 13.0. The van der Waals surface area contributed by atoms with Crippen LogP contribution in [0.1, 0.15) is 13.8 Å². The van der Waals surface area contributed by atoms with Gasteiger partial charge in [-0.1, -0.05) is 11.8 Å². The summed E-state index contributed by atoms with van der Waals surface area (Å²) in [6.07, 6.45) is -7.46. The fourth-order valence-corrected chi connectivity index (χ4v) is 3.51. The van der Waals surface area contributed by atoms with E-state index in [2.05, 4.69) is 14.5 Å². The molecular formula is C22H18F6N2O5S. The van der Waals surface area contributed by atoms with Gasteiger partial charge in [-0.25, -0.2) is 4.98 Å². The Balaban J connectivity index is 1.90. The monoisotopic (exact) mass is 536 g/mol. The first-order chi connectivity index (χ1) is 16.6. The highest BCUT2D eigenvalue weighted by Crippen LogP contribution is 2.35. The topological polar surface area (TPSA) is 82.8 Å². The molecule has 0 aliphatic heterocycles. The van der Waals surface area contributed by atoms with Gasteiger partial charge in [-0.2, -0.15) is 0 Å². The lowest BCUT2D eigenvalue weighted by Crippen LogP contribution is -2.28. The first-order valence-corrected chi connectivity index (χ1v) is 10.8. The Kier molecular flexibility index (Phi) is 7.79. The van der Waals surface area contributed by atoms with Crippen molar-refractivity contribution in [3.05, 3.63) is 65.2 Å². The van der Waals surface area contributed by atoms with E-state index in [0.717, 1.165) is 40.6 Å². The molecule has 0 fully saturated rings. The lowest BCUT2D eigenvalue weighted by Gasteiger charge is -2.20. The number of aliphatic hydroxyl groups is 1. The highest BCUT2D eigenvalue weighted by molar-refractivity contribution is 7.99. The highest BCUT2D eigenvalue weighted by atomic mass is 32.2. The zero-order valence-electron chi connectivity index (χ0n) is 18.6. The molecule has 0 bridgehead atoms. The summed E-state index contributed by atoms with van der Waals surface area (Å²) in [7, 11) is 0. The van der Waals surface area contributed by atoms with Gasteiger partial charge in [0.2, 0.25) is 0 Å². The normalized spacial score (nSPS) is 12.4. The molecule has 194 valence electrons. The van der Waals surface area contributed by atoms with Crippen LogP contribution in [0.2, 0.25) is 0 Å². The van der Waals surface area contributed by atoms with Gasteiger partial charge in [-0.3, -0.25) is 9.36 Å². The number of ether oxygens (including phenoxy) is 3. The highest BCUT2D eigenvalue weighted by Gasteiger charge is 2.33. The third-order valence-electron chi connectivity index (χ3n) is 4.09. The smallest absolute Gasteiger partial charge is 0.487 e. The summed E-state index contributed by atoms with van der Waals surface area (Å²) in [5, 5.41) is 9.69. The number of aromatic nitrogens is 2. The quantitative estimate of drug-likeness (QED) is 0.390. The minimum absolute atomic E-state index is 0.00645. The van der Waals surface area contributed by atoms with Crippen LogP contribution in [0.25, 0.3) is 5.69 Å². The molecule has 0 saturated heterocycles. The van der Waals surface area contributed by atoms with E-state index in [4.69, 9.17) is 4.74 Å². The summed E-state index contributed by atoms with van der Waals surface area (Å²) in [5.41, 5.74) is -2.05. The summed E-state index contributed by atoms with van der Waals surface area (Å²) in [4.78, 5) is 17.3. The average Bonchev–Trinajstić information content (AvgIpc) is 2.73. The van der Waals surface area contributed by atoms with E-state index in [1.54, 1.807) is 0 Å². The van der Waals surface area contributed by atoms with Gasteiger partial charge < -0.3 is 19.3 Å². The van der Waals surface area contributed by atoms with Crippen molar-refractivity contribution in [3.63, 3.8) is 0 Å². The van der Waals surface area contributed by atoms with Crippen molar-refractivity contribution >= 4 is 11.8 Å². The maximum Gasteiger partial charge on any atom is 0.573 e. The van der Waals surface area contributed by atoms with Crippen LogP contribution >= 0.6 is 11.8 Å². The maximum absolute atomic E-state index is 13.0. The van der Waals surface area contributed by atoms with Gasteiger partial charge in [-0.05, 0) is 50.2 Å². The van der Waals surface area contributed by atoms with Crippen molar-refractivity contribution in [1.29, 1.82) is 0 Å². The molecule has 14 heteroatoms. The summed E-state index contributed by atoms with van der Waals surface area (Å²) in [5.74, 6) is -1.49. The lowest BCUT2D eigenvalue weighted by molar-refractivity contribution is -0.276. The lowest BCUT2D eigenvalue weighted by atomic mass is 10.2. The molecule has 0 spiro atoms. The van der Waals surface area contributed by atoms with Crippen LogP contribution < -0.4 is 19.8 Å². The van der Waals surface area contributed by atoms with Crippen LogP contribution in [0.3, 0.4) is 0 Å². The van der Waals surface area contributed by atoms with Crippen molar-refractivity contribution in [2.45, 2.75) is 42.1 Å². The second kappa shape index (κ2) is 10.3. The molecule has 36 heavy (non-hydrogen) atoms. The van der Waals surface area contributed by atoms with E-state index in [0.29, 0.717) is 4.90 Å². The van der Waals surface area contributed by atoms with Crippen LogP contribution in [-0.2, 0) is 0 Å². The third-order valence-corrected chi connectivity index (χ3v) is 5.07. The average molecular weight is 536 g/mol. The Labute approximate surface area is 204 Å². The molecule has 0 aliphatic rings. The zero-order valence-corrected chi connectivity index (χ0v) is 19.4. The number of rotatable bonds is 8. The molecule has 7 nitrogen and oxygen atoms in total. The number of benzene rings is 2. The van der Waals surface area contributed by atoms with Gasteiger partial charge in [0.1, 0.15) is 12.4 Å². The Hall–Kier alpha value is -3.39. The molecule has 2 aromatic carbocycles. The van der Waals surface area contributed by atoms with Crippen LogP contribution in [0.5, 0.6) is 17.2 Å². The van der Waals surface area contributed by atoms with Gasteiger partial charge >= 0.3 is 12.7 Å². The fraction of sp³-hybridized carbons (Fsp3) is 0.273. The van der Waals surface area contributed by atoms with E-state index in [9.17, 15) is 36.2 Å². The molecule has 1 heterocycles. The number of nitrogens with zero attached hydrogens (tertiary/aromatic N) is 2. The number of hydrogen-bond donors (Lipinski definition) is 1. The number of hydrogen-bond acceptors (Lipinski definition) is 7. The third kappa shape index (κ3) is 8.09. The summed E-state index contributed by atoms with van der Waals surface area (Å²) >= 11 is 0.833. The van der Waals surface area contributed by atoms with Gasteiger partial charge in [0.25, 0.3) is 5.56 Å². The van der Waals surface area contributed by atoms with Gasteiger partial charge in [0.05, 0.1) is 11.3 Å². The minimum Gasteiger partial charge on any atom is -0.487 e. The predicted molar refractivity (Wildman–Crippen MR) is 116 cm³/mol. The molecule has 0 aliphatic carbocycles. The molecule has 0 saturated carbocycles. The van der Waals surface area contributed by atoms with Crippen LogP contribution in [0, 0.1) is 0 Å². The van der Waals surface area contributed by atoms with Crippen molar-refractivity contribution in [2.75, 3.05) is 6.61 Å². The van der Waals surface area contributed by atoms with E-state index in [-0.39, 0.29) is 23.1 Å². The molecule has 0 unspecified atom stereocenters. The molecule has 3 rings (SSSR count). The van der Waals surface area contributed by atoms with Crippen molar-refractivity contribution < 1.29 is 45.7 Å². The van der Waals surface area contributed by atoms with E-state index in [1.165, 1.54) is 44.4 Å². The SMILES string of the molecule is CC(C)(O)COc1ccc(-n2ccnc(Sc3ccc(OC(F)(F)F)cc3)c2=O)cc1OC(F)(F)F. The van der Waals surface area contributed by atoms with Crippen molar-refractivity contribution in [1.82, 2.24) is 9.55 Å². The van der Waals surface area contributed by atoms with Crippen LogP contribution in [0.4, 0.5) is 26.3 Å².